The van der Waals surface area contributed by atoms with E-state index in [4.69, 9.17) is 28.1 Å². The van der Waals surface area contributed by atoms with Crippen molar-refractivity contribution in [3.63, 3.8) is 0 Å². The Morgan fingerprint density at radius 1 is 0.800 bits per heavy atom. The van der Waals surface area contributed by atoms with Crippen molar-refractivity contribution < 1.29 is 54.3 Å². The molecule has 0 aromatic carbocycles. The van der Waals surface area contributed by atoms with Crippen LogP contribution in [0.1, 0.15) is 0 Å². The second kappa shape index (κ2) is 16.3. The van der Waals surface area contributed by atoms with Crippen LogP contribution in [0.3, 0.4) is 0 Å². The molecule has 0 spiro atoms. The van der Waals surface area contributed by atoms with E-state index in [1.54, 1.807) is 0 Å². The molecule has 10 heavy (non-hydrogen) atoms. The first-order chi connectivity index (χ1) is 3.46. The summed E-state index contributed by atoms with van der Waals surface area (Å²) in [6, 6.07) is 0. The topological polar surface area (TPSA) is 126 Å². The fourth-order valence-corrected chi connectivity index (χ4v) is 0. The maximum atomic E-state index is 8.52. The van der Waals surface area contributed by atoms with Crippen molar-refractivity contribution in [2.45, 2.75) is 0 Å². The van der Waals surface area contributed by atoms with Crippen LogP contribution in [0.25, 0.3) is 0 Å². The van der Waals surface area contributed by atoms with Crippen LogP contribution in [0, 0.1) is 0 Å². The van der Waals surface area contributed by atoms with E-state index in [0.717, 1.165) is 0 Å². The molecule has 0 aliphatic carbocycles. The smallest absolute Gasteiger partial charge is 0.672 e. The average molecular weight is 270 g/mol. The third-order valence-electron chi connectivity index (χ3n) is 0. The summed E-state index contributed by atoms with van der Waals surface area (Å²) < 4.78 is 17.0. The predicted molar refractivity (Wildman–Crippen MR) is 18.6 cm³/mol. The molecule has 6 nitrogen and oxygen atoms in total. The SMILES string of the molecule is O=[Si]([O-])[O-].O=[Si]([O-])[O-].[Al].[Zr+4]. The Hall–Kier alpha value is 0.649. The average Bonchev–Trinajstić information content (AvgIpc) is 1.25. The van der Waals surface area contributed by atoms with Crippen LogP contribution >= 0.6 is 0 Å². The second-order valence-electron chi connectivity index (χ2n) is 0.500. The summed E-state index contributed by atoms with van der Waals surface area (Å²) >= 11 is 0. The minimum Gasteiger partial charge on any atom is -0.672 e. The summed E-state index contributed by atoms with van der Waals surface area (Å²) in [4.78, 5) is 34.1. The summed E-state index contributed by atoms with van der Waals surface area (Å²) in [5.41, 5.74) is 0. The Kier molecular flexibility index (Phi) is 36.6. The van der Waals surface area contributed by atoms with Gasteiger partial charge in [-0.25, -0.2) is 0 Å². The second-order valence-corrected chi connectivity index (χ2v) is 1.50. The summed E-state index contributed by atoms with van der Waals surface area (Å²) in [5.74, 6) is 0. The first-order valence-electron chi connectivity index (χ1n) is 1.22. The first-order valence-corrected chi connectivity index (χ1v) is 3.67. The van der Waals surface area contributed by atoms with Gasteiger partial charge in [0.2, 0.25) is 0 Å². The van der Waals surface area contributed by atoms with Gasteiger partial charge in [-0.1, -0.05) is 0 Å². The maximum Gasteiger partial charge on any atom is 4.00 e. The molecule has 0 aromatic heterocycles. The molecule has 0 heterocycles. The van der Waals surface area contributed by atoms with Gasteiger partial charge >= 0.3 is 26.2 Å². The molecule has 0 N–H and O–H groups in total. The van der Waals surface area contributed by atoms with Crippen LogP contribution in [-0.4, -0.2) is 35.7 Å². The van der Waals surface area contributed by atoms with Gasteiger partial charge in [-0.05, 0) is 0 Å². The van der Waals surface area contributed by atoms with Gasteiger partial charge in [0.15, 0.2) is 0 Å². The van der Waals surface area contributed by atoms with E-state index in [-0.39, 0.29) is 43.6 Å². The molecule has 0 aromatic rings. The zero-order valence-corrected chi connectivity index (χ0v) is 10.1. The van der Waals surface area contributed by atoms with Crippen LogP contribution in [0.15, 0.2) is 0 Å². The van der Waals surface area contributed by atoms with Gasteiger partial charge in [0.05, 0.1) is 0 Å². The molecule has 0 unspecified atom stereocenters. The summed E-state index contributed by atoms with van der Waals surface area (Å²) in [6.45, 7) is 0. The molecule has 0 rings (SSSR count). The number of rotatable bonds is 0. The van der Waals surface area contributed by atoms with Crippen LogP contribution in [-0.2, 0) is 35.1 Å². The quantitative estimate of drug-likeness (QED) is 0.403. The third kappa shape index (κ3) is 1200. The molecule has 0 aliphatic rings. The third-order valence-corrected chi connectivity index (χ3v) is 0. The fourth-order valence-electron chi connectivity index (χ4n) is 0. The van der Waals surface area contributed by atoms with Gasteiger partial charge in [-0.15, -0.1) is 0 Å². The van der Waals surface area contributed by atoms with E-state index in [1.165, 1.54) is 0 Å². The van der Waals surface area contributed by atoms with Crippen molar-refractivity contribution in [3.8, 4) is 0 Å². The monoisotopic (exact) mass is 269 g/mol. The molecule has 3 radical (unpaired) electrons. The van der Waals surface area contributed by atoms with E-state index in [0.29, 0.717) is 0 Å². The van der Waals surface area contributed by atoms with Gasteiger partial charge in [-0.3, -0.25) is 0 Å². The summed E-state index contributed by atoms with van der Waals surface area (Å²) in [6.07, 6.45) is 0. The summed E-state index contributed by atoms with van der Waals surface area (Å²) in [5, 5.41) is 0. The predicted octanol–water partition coefficient (Wildman–Crippen LogP) is -6.14. The molecular weight excluding hydrogens is 270 g/mol. The molecule has 0 fully saturated rings. The van der Waals surface area contributed by atoms with Gasteiger partial charge in [0.25, 0.3) is 0 Å². The van der Waals surface area contributed by atoms with Gasteiger partial charge in [0, 0.05) is 35.7 Å². The molecular formula is AlO6Si2Zr. The van der Waals surface area contributed by atoms with Crippen LogP contribution in [0.5, 0.6) is 0 Å². The molecule has 0 bridgehead atoms. The Labute approximate surface area is 89.6 Å². The molecule has 10 heteroatoms. The van der Waals surface area contributed by atoms with Gasteiger partial charge < -0.3 is 28.1 Å². The van der Waals surface area contributed by atoms with E-state index in [2.05, 4.69) is 0 Å². The molecule has 0 saturated carbocycles. The molecule has 51 valence electrons. The van der Waals surface area contributed by atoms with Crippen LogP contribution in [0.4, 0.5) is 0 Å². The molecule has 0 aliphatic heterocycles. The minimum absolute atomic E-state index is 0. The van der Waals surface area contributed by atoms with Gasteiger partial charge in [-0.2, -0.15) is 0 Å². The van der Waals surface area contributed by atoms with Crippen molar-refractivity contribution in [1.82, 2.24) is 0 Å². The van der Waals surface area contributed by atoms with Crippen LogP contribution < -0.4 is 19.2 Å². The van der Waals surface area contributed by atoms with Crippen molar-refractivity contribution in [1.29, 1.82) is 0 Å². The molecule has 0 saturated heterocycles. The van der Waals surface area contributed by atoms with E-state index >= 15 is 0 Å². The number of hydrogen-bond acceptors (Lipinski definition) is 6. The van der Waals surface area contributed by atoms with Crippen molar-refractivity contribution in [2.24, 2.45) is 0 Å². The zero-order valence-electron chi connectivity index (χ0n) is 4.53. The Balaban J connectivity index is -0.0000000300. The van der Waals surface area contributed by atoms with Gasteiger partial charge in [0.1, 0.15) is 0 Å². The van der Waals surface area contributed by atoms with E-state index < -0.39 is 18.3 Å². The first kappa shape index (κ1) is 22.4. The van der Waals surface area contributed by atoms with Crippen molar-refractivity contribution in [3.05, 3.63) is 0 Å². The fraction of sp³-hybridized carbons (Fsp3) is 0. The van der Waals surface area contributed by atoms with E-state index in [9.17, 15) is 0 Å². The summed E-state index contributed by atoms with van der Waals surface area (Å²) in [7, 11) is -7.26. The Morgan fingerprint density at radius 2 is 0.800 bits per heavy atom. The molecule has 0 atom stereocenters. The van der Waals surface area contributed by atoms with Crippen molar-refractivity contribution in [2.75, 3.05) is 0 Å². The minimum atomic E-state index is -3.63. The zero-order chi connectivity index (χ0) is 7.15. The van der Waals surface area contributed by atoms with E-state index in [1.807, 2.05) is 0 Å². The Bertz CT molecular complexity index is 73.7. The number of hydrogen-bond donors (Lipinski definition) is 0. The normalized spacial score (nSPS) is 4.80. The van der Waals surface area contributed by atoms with Crippen LogP contribution in [0.2, 0.25) is 0 Å². The molecule has 0 amide bonds. The maximum absolute atomic E-state index is 8.52. The largest absolute Gasteiger partial charge is 4.00 e. The standard InChI is InChI=1S/Al.2O3Si.Zr/c;2*1-4(2)3;/q;2*-2;+4. The Morgan fingerprint density at radius 3 is 0.800 bits per heavy atom. The van der Waals surface area contributed by atoms with Crippen molar-refractivity contribution >= 4 is 35.7 Å².